The molecule has 1 aliphatic rings. The van der Waals surface area contributed by atoms with E-state index in [0.717, 1.165) is 36.9 Å². The largest absolute Gasteiger partial charge is 0.314 e. The van der Waals surface area contributed by atoms with E-state index in [1.807, 2.05) is 12.1 Å². The van der Waals surface area contributed by atoms with E-state index in [2.05, 4.69) is 22.1 Å². The highest BCUT2D eigenvalue weighted by Gasteiger charge is 2.17. The zero-order valence-electron chi connectivity index (χ0n) is 8.91. The summed E-state index contributed by atoms with van der Waals surface area (Å²) in [6.07, 6.45) is 1.77. The van der Waals surface area contributed by atoms with Crippen molar-refractivity contribution in [2.24, 2.45) is 0 Å². The molecule has 0 saturated carbocycles. The molecular formula is C11H16ClN3. The highest BCUT2D eigenvalue weighted by molar-refractivity contribution is 6.30. The number of nitrogens with zero attached hydrogens (tertiary/aromatic N) is 2. The number of nitrogens with one attached hydrogen (secondary N) is 1. The van der Waals surface area contributed by atoms with Crippen LogP contribution in [0.1, 0.15) is 12.6 Å². The first-order valence-corrected chi connectivity index (χ1v) is 5.69. The highest BCUT2D eigenvalue weighted by atomic mass is 35.5. The van der Waals surface area contributed by atoms with Crippen molar-refractivity contribution in [2.75, 3.05) is 19.6 Å². The van der Waals surface area contributed by atoms with Gasteiger partial charge in [-0.2, -0.15) is 0 Å². The van der Waals surface area contributed by atoms with Crippen LogP contribution in [-0.2, 0) is 6.54 Å². The van der Waals surface area contributed by atoms with Crippen molar-refractivity contribution in [1.82, 2.24) is 15.2 Å². The number of hydrogen-bond donors (Lipinski definition) is 1. The molecule has 1 atom stereocenters. The van der Waals surface area contributed by atoms with Crippen molar-refractivity contribution >= 4 is 11.6 Å². The minimum Gasteiger partial charge on any atom is -0.314 e. The molecule has 0 unspecified atom stereocenters. The van der Waals surface area contributed by atoms with Gasteiger partial charge in [-0.05, 0) is 19.1 Å². The van der Waals surface area contributed by atoms with Gasteiger partial charge in [-0.3, -0.25) is 9.88 Å². The standard InChI is InChI=1S/C11H16ClN3/c1-9-7-13-4-5-15(9)8-11-6-10(12)2-3-14-11/h2-3,6,9,13H,4-5,7-8H2,1H3/t9-/m0/s1. The fourth-order valence-electron chi connectivity index (χ4n) is 1.86. The summed E-state index contributed by atoms with van der Waals surface area (Å²) in [6.45, 7) is 6.32. The quantitative estimate of drug-likeness (QED) is 0.828. The summed E-state index contributed by atoms with van der Waals surface area (Å²) < 4.78 is 0. The lowest BCUT2D eigenvalue weighted by Gasteiger charge is -2.33. The fourth-order valence-corrected chi connectivity index (χ4v) is 2.04. The van der Waals surface area contributed by atoms with Gasteiger partial charge in [0.15, 0.2) is 0 Å². The van der Waals surface area contributed by atoms with Gasteiger partial charge in [0.2, 0.25) is 0 Å². The fraction of sp³-hybridized carbons (Fsp3) is 0.545. The molecule has 2 rings (SSSR count). The van der Waals surface area contributed by atoms with Crippen LogP contribution < -0.4 is 5.32 Å². The first-order valence-electron chi connectivity index (χ1n) is 5.31. The highest BCUT2D eigenvalue weighted by Crippen LogP contribution is 2.12. The number of aromatic nitrogens is 1. The van der Waals surface area contributed by atoms with E-state index in [4.69, 9.17) is 11.6 Å². The number of hydrogen-bond acceptors (Lipinski definition) is 3. The maximum atomic E-state index is 5.93. The van der Waals surface area contributed by atoms with Gasteiger partial charge in [0, 0.05) is 43.4 Å². The summed E-state index contributed by atoms with van der Waals surface area (Å²) in [6, 6.07) is 4.32. The molecule has 1 N–H and O–H groups in total. The Hall–Kier alpha value is -0.640. The van der Waals surface area contributed by atoms with Crippen LogP contribution in [0.2, 0.25) is 5.02 Å². The lowest BCUT2D eigenvalue weighted by molar-refractivity contribution is 0.164. The molecule has 0 bridgehead atoms. The van der Waals surface area contributed by atoms with Crippen molar-refractivity contribution in [3.63, 3.8) is 0 Å². The van der Waals surface area contributed by atoms with E-state index in [1.54, 1.807) is 6.20 Å². The molecule has 1 aromatic rings. The third-order valence-electron chi connectivity index (χ3n) is 2.78. The number of rotatable bonds is 2. The van der Waals surface area contributed by atoms with Crippen LogP contribution in [0.5, 0.6) is 0 Å². The van der Waals surface area contributed by atoms with E-state index in [-0.39, 0.29) is 0 Å². The minimum absolute atomic E-state index is 0.569. The topological polar surface area (TPSA) is 28.2 Å². The van der Waals surface area contributed by atoms with E-state index < -0.39 is 0 Å². The van der Waals surface area contributed by atoms with Gasteiger partial charge in [0.1, 0.15) is 0 Å². The Labute approximate surface area is 95.4 Å². The van der Waals surface area contributed by atoms with Crippen LogP contribution in [-0.4, -0.2) is 35.6 Å². The molecule has 4 heteroatoms. The Morgan fingerprint density at radius 3 is 3.27 bits per heavy atom. The molecule has 3 nitrogen and oxygen atoms in total. The van der Waals surface area contributed by atoms with E-state index in [0.29, 0.717) is 6.04 Å². The second kappa shape index (κ2) is 4.92. The van der Waals surface area contributed by atoms with Crippen LogP contribution in [0, 0.1) is 0 Å². The second-order valence-corrected chi connectivity index (χ2v) is 4.43. The summed E-state index contributed by atoms with van der Waals surface area (Å²) in [5.74, 6) is 0. The van der Waals surface area contributed by atoms with Gasteiger partial charge in [-0.1, -0.05) is 11.6 Å². The smallest absolute Gasteiger partial charge is 0.0558 e. The first kappa shape index (κ1) is 10.9. The zero-order valence-corrected chi connectivity index (χ0v) is 9.67. The average Bonchev–Trinajstić information content (AvgIpc) is 2.22. The molecule has 0 spiro atoms. The molecule has 2 heterocycles. The second-order valence-electron chi connectivity index (χ2n) is 3.99. The van der Waals surface area contributed by atoms with E-state index >= 15 is 0 Å². The summed E-state index contributed by atoms with van der Waals surface area (Å²) in [7, 11) is 0. The normalized spacial score (nSPS) is 22.9. The summed E-state index contributed by atoms with van der Waals surface area (Å²) in [5, 5.41) is 4.14. The van der Waals surface area contributed by atoms with E-state index in [1.165, 1.54) is 0 Å². The predicted octanol–water partition coefficient (Wildman–Crippen LogP) is 1.53. The molecular weight excluding hydrogens is 210 g/mol. The predicted molar refractivity (Wildman–Crippen MR) is 62.0 cm³/mol. The maximum absolute atomic E-state index is 5.93. The number of pyridine rings is 1. The molecule has 1 saturated heterocycles. The van der Waals surface area contributed by atoms with Gasteiger partial charge in [-0.25, -0.2) is 0 Å². The SMILES string of the molecule is C[C@H]1CNCCN1Cc1cc(Cl)ccn1. The summed E-state index contributed by atoms with van der Waals surface area (Å²) >= 11 is 5.93. The van der Waals surface area contributed by atoms with Crippen molar-refractivity contribution in [3.8, 4) is 0 Å². The lowest BCUT2D eigenvalue weighted by atomic mass is 10.2. The Kier molecular flexibility index (Phi) is 3.57. The Morgan fingerprint density at radius 1 is 1.67 bits per heavy atom. The lowest BCUT2D eigenvalue weighted by Crippen LogP contribution is -2.49. The van der Waals surface area contributed by atoms with Gasteiger partial charge in [0.25, 0.3) is 0 Å². The molecule has 1 aromatic heterocycles. The number of halogens is 1. The zero-order chi connectivity index (χ0) is 10.7. The minimum atomic E-state index is 0.569. The van der Waals surface area contributed by atoms with Crippen LogP contribution in [0.4, 0.5) is 0 Å². The molecule has 0 radical (unpaired) electrons. The number of piperazine rings is 1. The van der Waals surface area contributed by atoms with Crippen molar-refractivity contribution in [1.29, 1.82) is 0 Å². The molecule has 15 heavy (non-hydrogen) atoms. The van der Waals surface area contributed by atoms with Crippen LogP contribution in [0.15, 0.2) is 18.3 Å². The van der Waals surface area contributed by atoms with Gasteiger partial charge in [-0.15, -0.1) is 0 Å². The van der Waals surface area contributed by atoms with Gasteiger partial charge >= 0.3 is 0 Å². The van der Waals surface area contributed by atoms with Gasteiger partial charge in [0.05, 0.1) is 5.69 Å². The summed E-state index contributed by atoms with van der Waals surface area (Å²) in [5.41, 5.74) is 1.05. The summed E-state index contributed by atoms with van der Waals surface area (Å²) in [4.78, 5) is 6.75. The van der Waals surface area contributed by atoms with Crippen LogP contribution >= 0.6 is 11.6 Å². The van der Waals surface area contributed by atoms with Crippen molar-refractivity contribution in [3.05, 3.63) is 29.0 Å². The van der Waals surface area contributed by atoms with Crippen LogP contribution in [0.3, 0.4) is 0 Å². The molecule has 82 valence electrons. The average molecular weight is 226 g/mol. The molecule has 0 aromatic carbocycles. The Bertz CT molecular complexity index is 329. The molecule has 1 fully saturated rings. The maximum Gasteiger partial charge on any atom is 0.0558 e. The van der Waals surface area contributed by atoms with Gasteiger partial charge < -0.3 is 5.32 Å². The third kappa shape index (κ3) is 2.91. The molecule has 0 aliphatic carbocycles. The van der Waals surface area contributed by atoms with E-state index in [9.17, 15) is 0 Å². The molecule has 1 aliphatic heterocycles. The molecule has 0 amide bonds. The van der Waals surface area contributed by atoms with Crippen molar-refractivity contribution < 1.29 is 0 Å². The monoisotopic (exact) mass is 225 g/mol. The van der Waals surface area contributed by atoms with Crippen molar-refractivity contribution in [2.45, 2.75) is 19.5 Å². The Morgan fingerprint density at radius 2 is 2.53 bits per heavy atom. The third-order valence-corrected chi connectivity index (χ3v) is 3.02. The Balaban J connectivity index is 2.01. The first-order chi connectivity index (χ1) is 7.25. The van der Waals surface area contributed by atoms with Crippen LogP contribution in [0.25, 0.3) is 0 Å².